The van der Waals surface area contributed by atoms with Gasteiger partial charge < -0.3 is 59.5 Å². The molecule has 6 aromatic rings. The van der Waals surface area contributed by atoms with Gasteiger partial charge in [0.2, 0.25) is 11.5 Å². The largest absolute Gasteiger partial charge is 0.489 e. The van der Waals surface area contributed by atoms with Gasteiger partial charge in [-0.2, -0.15) is 20.2 Å². The van der Waals surface area contributed by atoms with Crippen molar-refractivity contribution in [2.75, 3.05) is 78.2 Å². The number of rotatable bonds is 16. The van der Waals surface area contributed by atoms with Crippen molar-refractivity contribution in [2.24, 2.45) is 0 Å². The van der Waals surface area contributed by atoms with Crippen molar-refractivity contribution in [1.82, 2.24) is 80.3 Å². The molecule has 2 aliphatic rings. The highest BCUT2D eigenvalue weighted by atomic mass is 79.9. The van der Waals surface area contributed by atoms with Crippen LogP contribution in [0.5, 0.6) is 23.3 Å². The number of piperidine rings is 2. The number of carbonyl (C=O) groups excluding carboxylic acids is 2. The molecule has 0 bridgehead atoms. The van der Waals surface area contributed by atoms with Crippen molar-refractivity contribution in [3.63, 3.8) is 0 Å². The molecule has 0 aliphatic carbocycles. The third-order valence-electron chi connectivity index (χ3n) is 10.8. The number of hydrogen-bond acceptors (Lipinski definition) is 22. The average Bonchev–Trinajstić information content (AvgIpc) is 4.17. The van der Waals surface area contributed by atoms with Crippen LogP contribution < -0.4 is 40.2 Å². The van der Waals surface area contributed by atoms with E-state index in [0.29, 0.717) is 92.6 Å². The van der Waals surface area contributed by atoms with Crippen LogP contribution in [0.4, 0.5) is 32.6 Å². The van der Waals surface area contributed by atoms with Crippen LogP contribution in [0.15, 0.2) is 66.8 Å². The quantitative estimate of drug-likeness (QED) is 0.0531. The number of hydrogen-bond donors (Lipinski definition) is 5. The second-order valence-electron chi connectivity index (χ2n) is 17.1. The number of likely N-dealkylation sites (tertiary alicyclic amines) is 2. The fraction of sp³-hybridized carbons (Fsp3) is 0.500. The summed E-state index contributed by atoms with van der Waals surface area (Å²) in [5.74, 6) is 3.12. The van der Waals surface area contributed by atoms with Crippen molar-refractivity contribution < 1.29 is 38.0 Å². The minimum atomic E-state index is -0.293. The number of methoxy groups -OCH3 is 2. The maximum atomic E-state index is 12.1. The number of nitrogens with one attached hydrogen (secondary N) is 5. The number of halogens is 1. The number of H-pyrrole nitrogens is 1. The third-order valence-corrected chi connectivity index (χ3v) is 11.3. The summed E-state index contributed by atoms with van der Waals surface area (Å²) in [6, 6.07) is 7.46. The van der Waals surface area contributed by atoms with Crippen LogP contribution in [0, 0.1) is 13.8 Å². The number of ether oxygens (including phenoxy) is 6. The fourth-order valence-electron chi connectivity index (χ4n) is 7.08. The van der Waals surface area contributed by atoms with Crippen molar-refractivity contribution in [3.05, 3.63) is 78.2 Å². The van der Waals surface area contributed by atoms with Crippen LogP contribution in [0.25, 0.3) is 5.82 Å². The number of anilines is 4. The Balaban J connectivity index is 0.000000231. The first-order valence-electron chi connectivity index (χ1n) is 24.3. The van der Waals surface area contributed by atoms with E-state index >= 15 is 0 Å². The maximum absolute atomic E-state index is 12.1. The second-order valence-corrected chi connectivity index (χ2v) is 17.9. The molecule has 26 nitrogen and oxygen atoms in total. The normalized spacial score (nSPS) is 13.5. The molecule has 2 amide bonds. The molecule has 406 valence electrons. The zero-order valence-corrected chi connectivity index (χ0v) is 45.7. The lowest BCUT2D eigenvalue weighted by Gasteiger charge is -2.32. The molecular formula is C48H69BrN18O8. The summed E-state index contributed by atoms with van der Waals surface area (Å²) in [4.78, 5) is 61.1. The highest BCUT2D eigenvalue weighted by Gasteiger charge is 2.29. The highest BCUT2D eigenvalue weighted by molar-refractivity contribution is 9.10. The Morgan fingerprint density at radius 3 is 1.55 bits per heavy atom. The number of carbonyl (C=O) groups is 2. The van der Waals surface area contributed by atoms with Gasteiger partial charge in [0.25, 0.3) is 11.8 Å². The first-order valence-corrected chi connectivity index (χ1v) is 25.1. The van der Waals surface area contributed by atoms with Crippen molar-refractivity contribution in [3.8, 4) is 29.1 Å². The Kier molecular flexibility index (Phi) is 23.8. The van der Waals surface area contributed by atoms with Crippen LogP contribution in [0.3, 0.4) is 0 Å². The monoisotopic (exact) mass is 1100 g/mol. The van der Waals surface area contributed by atoms with E-state index in [0.717, 1.165) is 40.5 Å². The Morgan fingerprint density at radius 2 is 1.17 bits per heavy atom. The molecule has 0 aromatic carbocycles. The van der Waals surface area contributed by atoms with Gasteiger partial charge in [-0.05, 0) is 95.8 Å². The molecule has 0 unspecified atom stereocenters. The number of pyridine rings is 2. The molecule has 0 spiro atoms. The fourth-order valence-corrected chi connectivity index (χ4v) is 7.48. The van der Waals surface area contributed by atoms with Crippen LogP contribution in [0.1, 0.15) is 64.8 Å². The van der Waals surface area contributed by atoms with Gasteiger partial charge in [-0.3, -0.25) is 5.10 Å². The highest BCUT2D eigenvalue weighted by Crippen LogP contribution is 2.37. The van der Waals surface area contributed by atoms with Gasteiger partial charge in [0.05, 0.1) is 49.2 Å². The summed E-state index contributed by atoms with van der Waals surface area (Å²) in [5, 5.41) is 22.6. The smallest absolute Gasteiger partial charge is 0.410 e. The molecular weight excluding hydrogens is 1040 g/mol. The van der Waals surface area contributed by atoms with E-state index in [4.69, 9.17) is 28.4 Å². The Labute approximate surface area is 445 Å². The zero-order chi connectivity index (χ0) is 54.1. The molecule has 2 saturated heterocycles. The van der Waals surface area contributed by atoms with Crippen molar-refractivity contribution in [2.45, 2.75) is 91.6 Å². The minimum absolute atomic E-state index is 0.0826. The number of likely N-dealkylation sites (N-methyl/N-ethyl adjacent to an activating group) is 2. The van der Waals surface area contributed by atoms with E-state index in [9.17, 15) is 9.59 Å². The molecule has 5 N–H and O–H groups in total. The summed E-state index contributed by atoms with van der Waals surface area (Å²) < 4.78 is 36.2. The van der Waals surface area contributed by atoms with E-state index in [1.54, 1.807) is 35.0 Å². The van der Waals surface area contributed by atoms with Crippen LogP contribution in [-0.4, -0.2) is 174 Å². The molecule has 6 aromatic heterocycles. The molecule has 27 heteroatoms. The van der Waals surface area contributed by atoms with Crippen LogP contribution >= 0.6 is 15.9 Å². The predicted molar refractivity (Wildman–Crippen MR) is 282 cm³/mol. The lowest BCUT2D eigenvalue weighted by molar-refractivity contribution is 0.0491. The summed E-state index contributed by atoms with van der Waals surface area (Å²) in [5.41, 5.74) is 3.12. The lowest BCUT2D eigenvalue weighted by Crippen LogP contribution is -2.42. The molecule has 0 atom stereocenters. The van der Waals surface area contributed by atoms with E-state index in [-0.39, 0.29) is 36.6 Å². The minimum Gasteiger partial charge on any atom is -0.489 e. The molecule has 0 radical (unpaired) electrons. The SMILES string of the molecule is CNCCNC.COc1c(Nc2ccc(-n3cncn3)nc2C)ncnc1OC1CCN(C(=O)OC(C)C)CC1.COc1c(Nc2ccc(Br)nc2C)ncnc1OC1CCN(C(=O)OC(C)C)CC1.c1nc[nH]n1. The topological polar surface area (TPSA) is 294 Å². The summed E-state index contributed by atoms with van der Waals surface area (Å²) in [7, 11) is 6.98. The molecule has 75 heavy (non-hydrogen) atoms. The molecule has 0 saturated carbocycles. The van der Waals surface area contributed by atoms with E-state index in [2.05, 4.69) is 92.4 Å². The van der Waals surface area contributed by atoms with E-state index < -0.39 is 0 Å². The summed E-state index contributed by atoms with van der Waals surface area (Å²) in [6.07, 6.45) is 10.5. The zero-order valence-electron chi connectivity index (χ0n) is 44.1. The van der Waals surface area contributed by atoms with E-state index in [1.165, 1.54) is 31.6 Å². The van der Waals surface area contributed by atoms with Crippen molar-refractivity contribution in [1.29, 1.82) is 0 Å². The van der Waals surface area contributed by atoms with Gasteiger partial charge in [-0.25, -0.2) is 44.2 Å². The second kappa shape index (κ2) is 30.6. The number of nitrogens with zero attached hydrogens (tertiary/aromatic N) is 13. The molecule has 2 fully saturated rings. The molecule has 8 heterocycles. The number of aromatic nitrogens is 12. The van der Waals surface area contributed by atoms with Gasteiger partial charge in [0.15, 0.2) is 17.5 Å². The van der Waals surface area contributed by atoms with Gasteiger partial charge in [-0.1, -0.05) is 0 Å². The van der Waals surface area contributed by atoms with Gasteiger partial charge in [0.1, 0.15) is 54.8 Å². The number of aryl methyl sites for hydroxylation is 2. The summed E-state index contributed by atoms with van der Waals surface area (Å²) in [6.45, 7) is 15.5. The Morgan fingerprint density at radius 1 is 0.680 bits per heavy atom. The van der Waals surface area contributed by atoms with Crippen molar-refractivity contribution >= 4 is 51.1 Å². The van der Waals surface area contributed by atoms with E-state index in [1.807, 2.05) is 79.9 Å². The van der Waals surface area contributed by atoms with Crippen LogP contribution in [-0.2, 0) is 9.47 Å². The van der Waals surface area contributed by atoms with Gasteiger partial charge >= 0.3 is 12.2 Å². The number of amides is 2. The first-order chi connectivity index (χ1) is 36.2. The van der Waals surface area contributed by atoms with Crippen LogP contribution in [0.2, 0.25) is 0 Å². The standard InChI is InChI=1S/C22H28N8O4.C20H26BrN5O4.C4H12N2.C2H3N3/c1-14(2)33-22(31)29-9-7-16(8-10-29)34-21-19(32-4)20(24-12-25-21)28-17-5-6-18(27-15(17)3)30-13-23-11-26-30;1-12(2)29-20(27)26-9-7-14(8-10-26)30-19-17(28-4)18(22-11-23-19)25-15-5-6-16(21)24-13(15)3;1-5-3-4-6-2;1-3-2-5-4-1/h5-6,11-14,16H,7-10H2,1-4H3,(H,24,25,28);5-6,11-12,14H,7-10H2,1-4H3,(H,22,23,25);5-6H,3-4H2,1-2H3;1-2H,(H,3,4,5). The van der Waals surface area contributed by atoms with Gasteiger partial charge in [-0.15, -0.1) is 0 Å². The lowest BCUT2D eigenvalue weighted by atomic mass is 10.1. The average molecular weight is 1110 g/mol. The maximum Gasteiger partial charge on any atom is 0.410 e. The summed E-state index contributed by atoms with van der Waals surface area (Å²) >= 11 is 3.36. The van der Waals surface area contributed by atoms with Gasteiger partial charge in [0, 0.05) is 65.0 Å². The molecule has 8 rings (SSSR count). The molecule has 2 aliphatic heterocycles. The first kappa shape index (κ1) is 58.4. The Bertz CT molecular complexity index is 2600. The third kappa shape index (κ3) is 18.7. The number of aromatic amines is 1. The Hall–Kier alpha value is -7.52. The predicted octanol–water partition coefficient (Wildman–Crippen LogP) is 6.21.